The molecule has 14 nitrogen and oxygen atoms in total. The predicted molar refractivity (Wildman–Crippen MR) is 190 cm³/mol. The molecule has 2 aromatic rings. The number of esters is 2. The highest BCUT2D eigenvalue weighted by molar-refractivity contribution is 5.90. The number of carbonyl (C=O) groups excluding carboxylic acids is 3. The van der Waals surface area contributed by atoms with Crippen molar-refractivity contribution >= 4 is 17.8 Å². The van der Waals surface area contributed by atoms with Crippen molar-refractivity contribution in [2.45, 2.75) is 102 Å². The van der Waals surface area contributed by atoms with Crippen LogP contribution < -0.4 is 14.8 Å². The maximum atomic E-state index is 12.7. The van der Waals surface area contributed by atoms with E-state index in [2.05, 4.69) is 10.2 Å². The molecule has 286 valence electrons. The highest BCUT2D eigenvalue weighted by Gasteiger charge is 2.40. The number of unbranched alkanes of at least 4 members (excludes halogenated alkanes) is 2. The van der Waals surface area contributed by atoms with E-state index in [0.717, 1.165) is 6.42 Å². The molecular formula is C38H52N2O12. The summed E-state index contributed by atoms with van der Waals surface area (Å²) in [6.45, 7) is 1.43. The molecule has 0 radical (unpaired) electrons. The van der Waals surface area contributed by atoms with Crippen molar-refractivity contribution in [3.8, 4) is 11.5 Å². The number of benzene rings is 2. The Hall–Kier alpha value is -4.53. The second kappa shape index (κ2) is 22.4. The van der Waals surface area contributed by atoms with Crippen LogP contribution in [0.2, 0.25) is 0 Å². The summed E-state index contributed by atoms with van der Waals surface area (Å²) >= 11 is 0. The van der Waals surface area contributed by atoms with Crippen molar-refractivity contribution in [3.05, 3.63) is 81.9 Å². The molecule has 1 amide bonds. The van der Waals surface area contributed by atoms with E-state index in [9.17, 15) is 39.8 Å². The number of hydrogen-bond donors (Lipinski definition) is 4. The van der Waals surface area contributed by atoms with Crippen LogP contribution in [0.15, 0.2) is 60.7 Å². The number of allylic oxidation sites excluding steroid dienone is 2. The fourth-order valence-corrected chi connectivity index (χ4v) is 6.20. The summed E-state index contributed by atoms with van der Waals surface area (Å²) in [4.78, 5) is 51.9. The normalized spacial score (nSPS) is 19.5. The van der Waals surface area contributed by atoms with Gasteiger partial charge in [0.2, 0.25) is 5.91 Å². The molecule has 1 aliphatic carbocycles. The molecule has 0 aromatic heterocycles. The molecule has 4 N–H and O–H groups in total. The highest BCUT2D eigenvalue weighted by Crippen LogP contribution is 2.38. The Morgan fingerprint density at radius 3 is 2.44 bits per heavy atom. The van der Waals surface area contributed by atoms with Gasteiger partial charge in [0.05, 0.1) is 44.2 Å². The maximum absolute atomic E-state index is 12.7. The third kappa shape index (κ3) is 14.6. The van der Waals surface area contributed by atoms with Gasteiger partial charge in [0.25, 0.3) is 5.09 Å². The van der Waals surface area contributed by atoms with Crippen molar-refractivity contribution in [1.29, 1.82) is 0 Å². The van der Waals surface area contributed by atoms with Crippen molar-refractivity contribution in [3.63, 3.8) is 0 Å². The first-order valence-electron chi connectivity index (χ1n) is 17.8. The Balaban J connectivity index is 1.34. The van der Waals surface area contributed by atoms with Crippen molar-refractivity contribution in [1.82, 2.24) is 5.32 Å². The van der Waals surface area contributed by atoms with Crippen LogP contribution in [0.4, 0.5) is 0 Å². The molecule has 6 atom stereocenters. The van der Waals surface area contributed by atoms with E-state index in [1.54, 1.807) is 0 Å². The number of carbonyl (C=O) groups is 3. The van der Waals surface area contributed by atoms with Crippen molar-refractivity contribution in [2.75, 3.05) is 20.3 Å². The molecule has 0 aliphatic heterocycles. The lowest BCUT2D eigenvalue weighted by Crippen LogP contribution is -2.40. The van der Waals surface area contributed by atoms with E-state index in [1.807, 2.05) is 42.5 Å². The van der Waals surface area contributed by atoms with Crippen LogP contribution in [0.5, 0.6) is 11.5 Å². The molecule has 14 heteroatoms. The molecule has 1 saturated carbocycles. The van der Waals surface area contributed by atoms with Gasteiger partial charge in [0.1, 0.15) is 6.04 Å². The number of aliphatic hydroxyl groups excluding tert-OH is 3. The largest absolute Gasteiger partial charge is 0.493 e. The van der Waals surface area contributed by atoms with E-state index in [4.69, 9.17) is 14.2 Å². The summed E-state index contributed by atoms with van der Waals surface area (Å²) < 4.78 is 15.8. The fraction of sp³-hybridized carbons (Fsp3) is 0.553. The van der Waals surface area contributed by atoms with Crippen molar-refractivity contribution in [2.24, 2.45) is 11.8 Å². The van der Waals surface area contributed by atoms with E-state index in [0.29, 0.717) is 57.8 Å². The van der Waals surface area contributed by atoms with Gasteiger partial charge in [-0.25, -0.2) is 9.59 Å². The molecule has 0 spiro atoms. The van der Waals surface area contributed by atoms with Crippen LogP contribution in [-0.4, -0.2) is 82.9 Å². The van der Waals surface area contributed by atoms with Gasteiger partial charge in [-0.1, -0.05) is 42.5 Å². The minimum atomic E-state index is -0.958. The molecule has 3 rings (SSSR count). The Labute approximate surface area is 304 Å². The van der Waals surface area contributed by atoms with Crippen LogP contribution in [0.25, 0.3) is 0 Å². The fourth-order valence-electron chi connectivity index (χ4n) is 6.20. The molecule has 0 bridgehead atoms. The Kier molecular flexibility index (Phi) is 18.1. The minimum Gasteiger partial charge on any atom is -0.493 e. The average molecular weight is 729 g/mol. The molecule has 1 unspecified atom stereocenters. The van der Waals surface area contributed by atoms with E-state index in [-0.39, 0.29) is 54.4 Å². The lowest BCUT2D eigenvalue weighted by Gasteiger charge is -2.23. The van der Waals surface area contributed by atoms with Gasteiger partial charge in [-0.3, -0.25) is 4.79 Å². The molecule has 1 fully saturated rings. The number of methoxy groups -OCH3 is 1. The van der Waals surface area contributed by atoms with E-state index < -0.39 is 41.4 Å². The first-order chi connectivity index (χ1) is 25.0. The van der Waals surface area contributed by atoms with Crippen molar-refractivity contribution < 1.29 is 53.8 Å². The number of nitrogens with one attached hydrogen (secondary N) is 1. The first-order valence-corrected chi connectivity index (χ1v) is 17.8. The van der Waals surface area contributed by atoms with Gasteiger partial charge in [-0.05, 0) is 107 Å². The smallest absolute Gasteiger partial charge is 0.338 e. The number of aryl methyl sites for hydroxylation is 1. The molecule has 0 saturated heterocycles. The van der Waals surface area contributed by atoms with Gasteiger partial charge >= 0.3 is 11.9 Å². The van der Waals surface area contributed by atoms with Crippen LogP contribution in [0.1, 0.15) is 87.1 Å². The second-order valence-corrected chi connectivity index (χ2v) is 13.0. The summed E-state index contributed by atoms with van der Waals surface area (Å²) in [6.07, 6.45) is 7.82. The van der Waals surface area contributed by atoms with Gasteiger partial charge in [-0.15, -0.1) is 10.1 Å². The van der Waals surface area contributed by atoms with Gasteiger partial charge < -0.3 is 39.7 Å². The Bertz CT molecular complexity index is 1450. The predicted octanol–water partition coefficient (Wildman–Crippen LogP) is 4.50. The molecular weight excluding hydrogens is 676 g/mol. The SMILES string of the molecule is COc1cc(C(=O)OCCCCO[N+](=O)[O-])ccc1OC(=O)C(C)NC(=O)CCC/C=C\C[C@@H]1[C@@H](CC[C@@H](O)CCc2ccccc2)[C@H](O)C[C@@H]1O. The van der Waals surface area contributed by atoms with E-state index in [1.165, 1.54) is 37.8 Å². The zero-order chi connectivity index (χ0) is 37.9. The standard InChI is InChI=1S/C38H52N2O12/c1-26(37(45)52-34-21-17-28(24-35(34)49-2)38(46)50-22-10-11-23-51-40(47)48)39-36(44)15-9-4-3-8-14-30-31(33(43)25-32(30)42)20-19-29(41)18-16-27-12-6-5-7-13-27/h3,5-8,12-13,17,21,24,26,29-33,41-43H,4,9-11,14-16,18-20,22-23,25H2,1-2H3,(H,39,44)/b8-3-/t26?,29-,30+,31+,32-,33+/m0/s1. The van der Waals surface area contributed by atoms with Crippen LogP contribution >= 0.6 is 0 Å². The molecule has 0 heterocycles. The number of ether oxygens (including phenoxy) is 3. The lowest BCUT2D eigenvalue weighted by molar-refractivity contribution is -0.757. The minimum absolute atomic E-state index is 0.0332. The summed E-state index contributed by atoms with van der Waals surface area (Å²) in [5.74, 6) is -1.75. The highest BCUT2D eigenvalue weighted by atomic mass is 16.9. The van der Waals surface area contributed by atoms with Gasteiger partial charge in [0.15, 0.2) is 11.5 Å². The second-order valence-electron chi connectivity index (χ2n) is 13.0. The van der Waals surface area contributed by atoms with Gasteiger partial charge in [-0.2, -0.15) is 0 Å². The lowest BCUT2D eigenvalue weighted by atomic mass is 9.85. The topological polar surface area (TPSA) is 204 Å². The third-order valence-corrected chi connectivity index (χ3v) is 9.12. The molecule has 1 aliphatic rings. The zero-order valence-corrected chi connectivity index (χ0v) is 29.9. The van der Waals surface area contributed by atoms with Crippen LogP contribution in [-0.2, 0) is 25.6 Å². The molecule has 2 aromatic carbocycles. The summed E-state index contributed by atoms with van der Waals surface area (Å²) in [5, 5.41) is 43.6. The average Bonchev–Trinajstić information content (AvgIpc) is 3.40. The van der Waals surface area contributed by atoms with Crippen LogP contribution in [0, 0.1) is 22.0 Å². The number of hydrogen-bond acceptors (Lipinski definition) is 12. The summed E-state index contributed by atoms with van der Waals surface area (Å²) in [6, 6.07) is 13.2. The quantitative estimate of drug-likeness (QED) is 0.0312. The van der Waals surface area contributed by atoms with E-state index >= 15 is 0 Å². The summed E-state index contributed by atoms with van der Waals surface area (Å²) in [5.41, 5.74) is 1.32. The number of nitrogens with zero attached hydrogens (tertiary/aromatic N) is 1. The monoisotopic (exact) mass is 728 g/mol. The number of rotatable bonds is 23. The maximum Gasteiger partial charge on any atom is 0.338 e. The third-order valence-electron chi connectivity index (χ3n) is 9.12. The number of aliphatic hydroxyl groups is 3. The molecule has 52 heavy (non-hydrogen) atoms. The summed E-state index contributed by atoms with van der Waals surface area (Å²) in [7, 11) is 1.34. The zero-order valence-electron chi connectivity index (χ0n) is 29.9. The van der Waals surface area contributed by atoms with Crippen LogP contribution in [0.3, 0.4) is 0 Å². The van der Waals surface area contributed by atoms with Gasteiger partial charge in [0, 0.05) is 6.42 Å². The Morgan fingerprint density at radius 1 is 0.981 bits per heavy atom. The Morgan fingerprint density at radius 2 is 1.71 bits per heavy atom. The number of amides is 1. The first kappa shape index (κ1) is 41.9.